The first-order valence-corrected chi connectivity index (χ1v) is 9.90. The van der Waals surface area contributed by atoms with E-state index in [-0.39, 0.29) is 0 Å². The van der Waals surface area contributed by atoms with Crippen molar-refractivity contribution in [3.05, 3.63) is 89.2 Å². The Labute approximate surface area is 169 Å². The van der Waals surface area contributed by atoms with E-state index in [0.717, 1.165) is 43.0 Å². The van der Waals surface area contributed by atoms with Gasteiger partial charge in [0, 0.05) is 22.0 Å². The average molecular weight is 404 g/mol. The predicted molar refractivity (Wildman–Crippen MR) is 115 cm³/mol. The minimum atomic E-state index is 0.631. The van der Waals surface area contributed by atoms with Gasteiger partial charge in [-0.05, 0) is 30.3 Å². The summed E-state index contributed by atoms with van der Waals surface area (Å²) in [4.78, 5) is 4.57. The molecular weight excluding hydrogens is 390 g/mol. The molecule has 0 bridgehead atoms. The monoisotopic (exact) mass is 403 g/mol. The van der Waals surface area contributed by atoms with E-state index in [1.54, 1.807) is 11.3 Å². The van der Waals surface area contributed by atoms with Crippen LogP contribution in [0.3, 0.4) is 0 Å². The van der Waals surface area contributed by atoms with Crippen LogP contribution in [-0.2, 0) is 0 Å². The van der Waals surface area contributed by atoms with Gasteiger partial charge in [0.15, 0.2) is 0 Å². The molecule has 0 unspecified atom stereocenters. The topological polar surface area (TPSA) is 50.4 Å². The first kappa shape index (κ1) is 17.0. The van der Waals surface area contributed by atoms with Crippen molar-refractivity contribution in [2.75, 3.05) is 5.43 Å². The summed E-state index contributed by atoms with van der Waals surface area (Å²) in [6.07, 6.45) is 0. The van der Waals surface area contributed by atoms with Gasteiger partial charge < -0.3 is 4.42 Å². The van der Waals surface area contributed by atoms with Crippen LogP contribution in [-0.4, -0.2) is 4.98 Å². The molecule has 3 aromatic carbocycles. The van der Waals surface area contributed by atoms with Crippen molar-refractivity contribution in [1.29, 1.82) is 0 Å². The molecule has 5 aromatic rings. The van der Waals surface area contributed by atoms with Crippen molar-refractivity contribution in [2.45, 2.75) is 0 Å². The van der Waals surface area contributed by atoms with Crippen molar-refractivity contribution < 1.29 is 4.42 Å². The van der Waals surface area contributed by atoms with E-state index in [4.69, 9.17) is 16.0 Å². The highest BCUT2D eigenvalue weighted by molar-refractivity contribution is 7.22. The minimum Gasteiger partial charge on any atom is -0.456 e. The van der Waals surface area contributed by atoms with Crippen LogP contribution in [0, 0.1) is 0 Å². The summed E-state index contributed by atoms with van der Waals surface area (Å²) >= 11 is 7.76. The Morgan fingerprint density at radius 3 is 2.61 bits per heavy atom. The molecule has 0 aliphatic heterocycles. The van der Waals surface area contributed by atoms with Gasteiger partial charge in [-0.25, -0.2) is 4.98 Å². The lowest BCUT2D eigenvalue weighted by atomic mass is 10.1. The van der Waals surface area contributed by atoms with Crippen LogP contribution in [0.2, 0.25) is 5.02 Å². The molecule has 0 atom stereocenters. The summed E-state index contributed by atoms with van der Waals surface area (Å²) in [5, 5.41) is 7.54. The molecule has 0 spiro atoms. The molecule has 28 heavy (non-hydrogen) atoms. The molecule has 2 aromatic heterocycles. The summed E-state index contributed by atoms with van der Waals surface area (Å²) in [7, 11) is 0. The van der Waals surface area contributed by atoms with Crippen molar-refractivity contribution in [3.8, 4) is 11.3 Å². The largest absolute Gasteiger partial charge is 0.456 e. The zero-order valence-corrected chi connectivity index (χ0v) is 16.2. The number of benzene rings is 3. The number of rotatable bonds is 3. The van der Waals surface area contributed by atoms with Gasteiger partial charge in [-0.3, -0.25) is 5.43 Å². The molecule has 2 heterocycles. The SMILES string of the molecule is Clc1ccc2oc(-c3ccccc3)cc(=NNc3nc4ccccc4s3)c2c1. The molecule has 6 heteroatoms. The van der Waals surface area contributed by atoms with E-state index in [1.165, 1.54) is 0 Å². The Morgan fingerprint density at radius 2 is 1.75 bits per heavy atom. The maximum Gasteiger partial charge on any atom is 0.204 e. The first-order valence-electron chi connectivity index (χ1n) is 8.70. The maximum absolute atomic E-state index is 6.20. The molecule has 4 nitrogen and oxygen atoms in total. The van der Waals surface area contributed by atoms with E-state index in [2.05, 4.69) is 15.5 Å². The Hall–Kier alpha value is -3.15. The number of fused-ring (bicyclic) bond motifs is 2. The fourth-order valence-corrected chi connectivity index (χ4v) is 3.99. The van der Waals surface area contributed by atoms with Gasteiger partial charge in [-0.15, -0.1) is 0 Å². The van der Waals surface area contributed by atoms with Gasteiger partial charge in [0.2, 0.25) is 5.13 Å². The Balaban J connectivity index is 1.65. The van der Waals surface area contributed by atoms with Gasteiger partial charge in [-0.2, -0.15) is 5.10 Å². The third-order valence-corrected chi connectivity index (χ3v) is 5.51. The second-order valence-corrected chi connectivity index (χ2v) is 7.68. The van der Waals surface area contributed by atoms with Crippen molar-refractivity contribution >= 4 is 49.3 Å². The van der Waals surface area contributed by atoms with Crippen LogP contribution in [0.5, 0.6) is 0 Å². The van der Waals surface area contributed by atoms with Crippen LogP contribution in [0.25, 0.3) is 32.5 Å². The lowest BCUT2D eigenvalue weighted by molar-refractivity contribution is 0.618. The highest BCUT2D eigenvalue weighted by Gasteiger charge is 2.07. The molecule has 136 valence electrons. The Kier molecular flexibility index (Phi) is 4.31. The van der Waals surface area contributed by atoms with Crippen LogP contribution in [0.4, 0.5) is 5.13 Å². The summed E-state index contributed by atoms with van der Waals surface area (Å²) in [5.41, 5.74) is 5.74. The zero-order valence-electron chi connectivity index (χ0n) is 14.6. The molecule has 1 N–H and O–H groups in total. The number of nitrogens with one attached hydrogen (secondary N) is 1. The first-order chi connectivity index (χ1) is 13.8. The van der Waals surface area contributed by atoms with E-state index in [1.807, 2.05) is 78.9 Å². The molecule has 0 radical (unpaired) electrons. The number of para-hydroxylation sites is 1. The number of hydrogen-bond acceptors (Lipinski definition) is 5. The smallest absolute Gasteiger partial charge is 0.204 e. The van der Waals surface area contributed by atoms with E-state index >= 15 is 0 Å². The van der Waals surface area contributed by atoms with Crippen LogP contribution in [0.1, 0.15) is 0 Å². The minimum absolute atomic E-state index is 0.631. The predicted octanol–water partition coefficient (Wildman–Crippen LogP) is 6.29. The van der Waals surface area contributed by atoms with Gasteiger partial charge in [0.25, 0.3) is 0 Å². The molecule has 5 rings (SSSR count). The van der Waals surface area contributed by atoms with Crippen molar-refractivity contribution in [1.82, 2.24) is 4.98 Å². The molecule has 0 amide bonds. The number of thiazole rings is 1. The molecular formula is C22H14ClN3OS. The lowest BCUT2D eigenvalue weighted by Crippen LogP contribution is -2.07. The van der Waals surface area contributed by atoms with E-state index in [0.29, 0.717) is 5.02 Å². The second-order valence-electron chi connectivity index (χ2n) is 6.21. The van der Waals surface area contributed by atoms with Gasteiger partial charge in [0.1, 0.15) is 11.3 Å². The van der Waals surface area contributed by atoms with Crippen LogP contribution < -0.4 is 10.8 Å². The molecule has 0 saturated heterocycles. The standard InChI is InChI=1S/C22H14ClN3OS/c23-15-10-11-19-16(12-15)18(13-20(27-19)14-6-2-1-3-7-14)25-26-22-24-17-8-4-5-9-21(17)28-22/h1-13H,(H,24,26). The fraction of sp³-hybridized carbons (Fsp3) is 0. The molecule has 0 fully saturated rings. The van der Waals surface area contributed by atoms with Gasteiger partial charge in [0.05, 0.1) is 15.6 Å². The normalized spacial score (nSPS) is 12.0. The third-order valence-electron chi connectivity index (χ3n) is 4.33. The summed E-state index contributed by atoms with van der Waals surface area (Å²) in [6, 6.07) is 25.4. The average Bonchev–Trinajstić information content (AvgIpc) is 3.15. The maximum atomic E-state index is 6.20. The van der Waals surface area contributed by atoms with E-state index < -0.39 is 0 Å². The molecule has 0 aliphatic carbocycles. The quantitative estimate of drug-likeness (QED) is 0.360. The number of aromatic nitrogens is 1. The fourth-order valence-electron chi connectivity index (χ4n) is 3.01. The molecule has 0 saturated carbocycles. The second kappa shape index (κ2) is 7.11. The number of nitrogens with zero attached hydrogens (tertiary/aromatic N) is 2. The number of hydrogen-bond donors (Lipinski definition) is 1. The number of halogens is 1. The summed E-state index contributed by atoms with van der Waals surface area (Å²) in [6.45, 7) is 0. The highest BCUT2D eigenvalue weighted by atomic mass is 35.5. The lowest BCUT2D eigenvalue weighted by Gasteiger charge is -2.05. The highest BCUT2D eigenvalue weighted by Crippen LogP contribution is 2.26. The molecule has 0 aliphatic rings. The number of anilines is 1. The third kappa shape index (κ3) is 3.26. The Bertz CT molecular complexity index is 1330. The summed E-state index contributed by atoms with van der Waals surface area (Å²) in [5.74, 6) is 0.736. The van der Waals surface area contributed by atoms with Gasteiger partial charge >= 0.3 is 0 Å². The van der Waals surface area contributed by atoms with Crippen LogP contribution >= 0.6 is 22.9 Å². The van der Waals surface area contributed by atoms with Crippen molar-refractivity contribution in [2.24, 2.45) is 5.10 Å². The summed E-state index contributed by atoms with van der Waals surface area (Å²) < 4.78 is 7.20. The van der Waals surface area contributed by atoms with Gasteiger partial charge in [-0.1, -0.05) is 65.4 Å². The van der Waals surface area contributed by atoms with Crippen molar-refractivity contribution in [3.63, 3.8) is 0 Å². The van der Waals surface area contributed by atoms with Crippen LogP contribution in [0.15, 0.2) is 88.4 Å². The Morgan fingerprint density at radius 1 is 0.929 bits per heavy atom. The zero-order chi connectivity index (χ0) is 18.9. The van der Waals surface area contributed by atoms with E-state index in [9.17, 15) is 0 Å².